The standard InChI is InChI=1S/C42H81NO2/c1-5-7-9-11-13-15-17-19-21-23-25-27-29-31-33-37-42(44-40-41(45-42)36-35-39-43(3)4)38-34-32-30-28-26-24-22-20-18-16-14-12-10-8-6-2/h17-20,41H,5-16,21-40H2,1-4H3/b19-17-,20-18-. The van der Waals surface area contributed by atoms with Crippen molar-refractivity contribution in [1.82, 2.24) is 4.90 Å². The van der Waals surface area contributed by atoms with E-state index < -0.39 is 0 Å². The van der Waals surface area contributed by atoms with Gasteiger partial charge in [-0.2, -0.15) is 0 Å². The van der Waals surface area contributed by atoms with Crippen molar-refractivity contribution >= 4 is 0 Å². The van der Waals surface area contributed by atoms with Crippen LogP contribution in [0.15, 0.2) is 24.3 Å². The van der Waals surface area contributed by atoms with E-state index in [0.717, 1.165) is 32.4 Å². The number of ether oxygens (including phenoxy) is 2. The van der Waals surface area contributed by atoms with Crippen LogP contribution in [-0.4, -0.2) is 44.0 Å². The fraction of sp³-hybridized carbons (Fsp3) is 0.905. The van der Waals surface area contributed by atoms with Crippen molar-refractivity contribution < 1.29 is 9.47 Å². The third-order valence-electron chi connectivity index (χ3n) is 9.68. The van der Waals surface area contributed by atoms with Gasteiger partial charge in [0, 0.05) is 12.8 Å². The van der Waals surface area contributed by atoms with E-state index in [1.54, 1.807) is 0 Å². The Hall–Kier alpha value is -0.640. The second-order valence-corrected chi connectivity index (χ2v) is 14.6. The summed E-state index contributed by atoms with van der Waals surface area (Å²) in [6.07, 6.45) is 49.6. The second kappa shape index (κ2) is 31.9. The van der Waals surface area contributed by atoms with Gasteiger partial charge >= 0.3 is 0 Å². The Balaban J connectivity index is 2.17. The molecular weight excluding hydrogens is 550 g/mol. The highest BCUT2D eigenvalue weighted by Gasteiger charge is 2.40. The minimum atomic E-state index is -0.300. The molecule has 3 nitrogen and oxygen atoms in total. The maximum Gasteiger partial charge on any atom is 0.168 e. The number of hydrogen-bond donors (Lipinski definition) is 0. The van der Waals surface area contributed by atoms with Crippen molar-refractivity contribution in [3.8, 4) is 0 Å². The molecular formula is C42H81NO2. The zero-order chi connectivity index (χ0) is 32.5. The summed E-state index contributed by atoms with van der Waals surface area (Å²) in [5.74, 6) is -0.300. The number of rotatable bonds is 34. The molecule has 1 aliphatic heterocycles. The van der Waals surface area contributed by atoms with E-state index in [2.05, 4.69) is 57.1 Å². The molecule has 1 saturated heterocycles. The van der Waals surface area contributed by atoms with Crippen LogP contribution >= 0.6 is 0 Å². The van der Waals surface area contributed by atoms with Crippen LogP contribution in [0.25, 0.3) is 0 Å². The Labute approximate surface area is 283 Å². The van der Waals surface area contributed by atoms with Crippen LogP contribution in [0.3, 0.4) is 0 Å². The van der Waals surface area contributed by atoms with Crippen LogP contribution in [0.5, 0.6) is 0 Å². The molecule has 1 fully saturated rings. The summed E-state index contributed by atoms with van der Waals surface area (Å²) in [4.78, 5) is 2.28. The quantitative estimate of drug-likeness (QED) is 0.0521. The Morgan fingerprint density at radius 1 is 0.511 bits per heavy atom. The highest BCUT2D eigenvalue weighted by atomic mass is 16.7. The summed E-state index contributed by atoms with van der Waals surface area (Å²) in [5.41, 5.74) is 0. The second-order valence-electron chi connectivity index (χ2n) is 14.6. The van der Waals surface area contributed by atoms with Crippen molar-refractivity contribution in [3.05, 3.63) is 24.3 Å². The molecule has 0 aliphatic carbocycles. The highest BCUT2D eigenvalue weighted by Crippen LogP contribution is 2.36. The minimum Gasteiger partial charge on any atom is -0.347 e. The summed E-state index contributed by atoms with van der Waals surface area (Å²) < 4.78 is 13.2. The lowest BCUT2D eigenvalue weighted by molar-refractivity contribution is -0.180. The molecule has 1 heterocycles. The van der Waals surface area contributed by atoms with Gasteiger partial charge in [-0.25, -0.2) is 0 Å². The highest BCUT2D eigenvalue weighted by molar-refractivity contribution is 4.83. The zero-order valence-corrected chi connectivity index (χ0v) is 31.3. The Bertz CT molecular complexity index is 617. The van der Waals surface area contributed by atoms with Crippen LogP contribution in [0.1, 0.15) is 206 Å². The average molecular weight is 632 g/mol. The van der Waals surface area contributed by atoms with Gasteiger partial charge in [0.2, 0.25) is 0 Å². The van der Waals surface area contributed by atoms with E-state index >= 15 is 0 Å². The summed E-state index contributed by atoms with van der Waals surface area (Å²) >= 11 is 0. The first-order chi connectivity index (χ1) is 22.1. The summed E-state index contributed by atoms with van der Waals surface area (Å²) in [7, 11) is 4.33. The number of nitrogens with zero attached hydrogens (tertiary/aromatic N) is 1. The normalized spacial score (nSPS) is 16.7. The van der Waals surface area contributed by atoms with Crippen molar-refractivity contribution in [2.75, 3.05) is 27.2 Å². The third kappa shape index (κ3) is 27.1. The van der Waals surface area contributed by atoms with E-state index in [-0.39, 0.29) is 5.79 Å². The molecule has 0 spiro atoms. The Morgan fingerprint density at radius 2 is 0.889 bits per heavy atom. The molecule has 0 bridgehead atoms. The summed E-state index contributed by atoms with van der Waals surface area (Å²) in [6.45, 7) is 6.52. The minimum absolute atomic E-state index is 0.291. The first kappa shape index (κ1) is 42.4. The number of hydrogen-bond acceptors (Lipinski definition) is 3. The fourth-order valence-corrected chi connectivity index (χ4v) is 6.71. The van der Waals surface area contributed by atoms with Crippen LogP contribution in [0.2, 0.25) is 0 Å². The van der Waals surface area contributed by atoms with Crippen molar-refractivity contribution in [2.45, 2.75) is 218 Å². The smallest absolute Gasteiger partial charge is 0.168 e. The van der Waals surface area contributed by atoms with E-state index in [1.807, 2.05) is 0 Å². The molecule has 0 radical (unpaired) electrons. The largest absolute Gasteiger partial charge is 0.347 e. The molecule has 1 aliphatic rings. The molecule has 1 unspecified atom stereocenters. The van der Waals surface area contributed by atoms with Gasteiger partial charge in [0.25, 0.3) is 0 Å². The fourth-order valence-electron chi connectivity index (χ4n) is 6.71. The lowest BCUT2D eigenvalue weighted by Gasteiger charge is -2.28. The zero-order valence-electron chi connectivity index (χ0n) is 31.3. The van der Waals surface area contributed by atoms with Gasteiger partial charge in [-0.3, -0.25) is 0 Å². The number of allylic oxidation sites excluding steroid dienone is 4. The van der Waals surface area contributed by atoms with Crippen LogP contribution < -0.4 is 0 Å². The van der Waals surface area contributed by atoms with Gasteiger partial charge in [0.05, 0.1) is 12.7 Å². The molecule has 3 heteroatoms. The molecule has 0 aromatic heterocycles. The predicted molar refractivity (Wildman–Crippen MR) is 200 cm³/mol. The van der Waals surface area contributed by atoms with Crippen LogP contribution in [-0.2, 0) is 9.47 Å². The molecule has 266 valence electrons. The van der Waals surface area contributed by atoms with Crippen molar-refractivity contribution in [1.29, 1.82) is 0 Å². The molecule has 0 saturated carbocycles. The van der Waals surface area contributed by atoms with Crippen molar-refractivity contribution in [3.63, 3.8) is 0 Å². The predicted octanol–water partition coefficient (Wildman–Crippen LogP) is 13.5. The topological polar surface area (TPSA) is 21.7 Å². The van der Waals surface area contributed by atoms with E-state index in [9.17, 15) is 0 Å². The SMILES string of the molecule is CCCCCCC/C=C\CCCCCCCCC1(CCCCCCCC/C=C\CCCCCCC)OCC(CCCN(C)C)O1. The first-order valence-corrected chi connectivity index (χ1v) is 20.4. The van der Waals surface area contributed by atoms with Crippen molar-refractivity contribution in [2.24, 2.45) is 0 Å². The van der Waals surface area contributed by atoms with Gasteiger partial charge < -0.3 is 14.4 Å². The summed E-state index contributed by atoms with van der Waals surface area (Å²) in [6, 6.07) is 0. The van der Waals surface area contributed by atoms with Crippen LogP contribution in [0, 0.1) is 0 Å². The van der Waals surface area contributed by atoms with Gasteiger partial charge in [0.15, 0.2) is 5.79 Å². The average Bonchev–Trinajstić information content (AvgIpc) is 3.43. The van der Waals surface area contributed by atoms with Gasteiger partial charge in [-0.05, 0) is 97.7 Å². The third-order valence-corrected chi connectivity index (χ3v) is 9.68. The van der Waals surface area contributed by atoms with Crippen LogP contribution in [0.4, 0.5) is 0 Å². The van der Waals surface area contributed by atoms with Gasteiger partial charge in [0.1, 0.15) is 0 Å². The molecule has 0 amide bonds. The van der Waals surface area contributed by atoms with Gasteiger partial charge in [-0.15, -0.1) is 0 Å². The lowest BCUT2D eigenvalue weighted by Crippen LogP contribution is -2.31. The maximum absolute atomic E-state index is 6.71. The van der Waals surface area contributed by atoms with E-state index in [1.165, 1.54) is 173 Å². The molecule has 0 aromatic carbocycles. The molecule has 1 rings (SSSR count). The van der Waals surface area contributed by atoms with E-state index in [0.29, 0.717) is 6.10 Å². The maximum atomic E-state index is 6.71. The monoisotopic (exact) mass is 632 g/mol. The molecule has 0 aromatic rings. The Morgan fingerprint density at radius 3 is 1.29 bits per heavy atom. The molecule has 0 N–H and O–H groups in total. The lowest BCUT2D eigenvalue weighted by atomic mass is 9.98. The van der Waals surface area contributed by atoms with Gasteiger partial charge in [-0.1, -0.05) is 141 Å². The van der Waals surface area contributed by atoms with E-state index in [4.69, 9.17) is 9.47 Å². The number of unbranched alkanes of at least 4 members (excludes halogenated alkanes) is 22. The molecule has 45 heavy (non-hydrogen) atoms. The Kier molecular flexibility index (Phi) is 30.1. The summed E-state index contributed by atoms with van der Waals surface area (Å²) in [5, 5.41) is 0. The first-order valence-electron chi connectivity index (χ1n) is 20.4. The molecule has 1 atom stereocenters.